The van der Waals surface area contributed by atoms with Gasteiger partial charge >= 0.3 is 0 Å². The van der Waals surface area contributed by atoms with Gasteiger partial charge in [-0.3, -0.25) is 9.52 Å². The van der Waals surface area contributed by atoms with Gasteiger partial charge < -0.3 is 10.1 Å². The van der Waals surface area contributed by atoms with Crippen molar-refractivity contribution in [1.82, 2.24) is 5.32 Å². The Bertz CT molecular complexity index is 906. The maximum absolute atomic E-state index is 12.5. The van der Waals surface area contributed by atoms with Gasteiger partial charge in [-0.05, 0) is 82.1 Å². The van der Waals surface area contributed by atoms with Gasteiger partial charge in [0.15, 0.2) is 6.10 Å². The molecule has 2 rings (SSSR count). The summed E-state index contributed by atoms with van der Waals surface area (Å²) in [4.78, 5) is 12.0. The molecule has 0 aliphatic carbocycles. The molecule has 0 heterocycles. The van der Waals surface area contributed by atoms with Gasteiger partial charge in [0.2, 0.25) is 0 Å². The number of carbonyl (C=O) groups excluding carboxylic acids is 1. The molecule has 0 aliphatic rings. The highest BCUT2D eigenvalue weighted by atomic mass is 32.2. The maximum Gasteiger partial charge on any atom is 0.261 e. The number of anilines is 1. The minimum atomic E-state index is -3.71. The van der Waals surface area contributed by atoms with E-state index in [-0.39, 0.29) is 16.8 Å². The Balaban J connectivity index is 2.08. The summed E-state index contributed by atoms with van der Waals surface area (Å²) in [5.74, 6) is 0.199. The fourth-order valence-electron chi connectivity index (χ4n) is 2.38. The summed E-state index contributed by atoms with van der Waals surface area (Å²) in [7, 11) is -3.71. The lowest BCUT2D eigenvalue weighted by Gasteiger charge is -2.16. The highest BCUT2D eigenvalue weighted by molar-refractivity contribution is 7.92. The van der Waals surface area contributed by atoms with Gasteiger partial charge in [-0.25, -0.2) is 8.42 Å². The molecule has 27 heavy (non-hydrogen) atoms. The highest BCUT2D eigenvalue weighted by Gasteiger charge is 2.17. The second-order valence-corrected chi connectivity index (χ2v) is 8.48. The summed E-state index contributed by atoms with van der Waals surface area (Å²) in [6.45, 7) is 9.27. The molecule has 6 nitrogen and oxygen atoms in total. The van der Waals surface area contributed by atoms with Crippen molar-refractivity contribution in [3.63, 3.8) is 0 Å². The lowest BCUT2D eigenvalue weighted by atomic mass is 10.1. The summed E-state index contributed by atoms with van der Waals surface area (Å²) in [5, 5.41) is 2.76. The Morgan fingerprint density at radius 1 is 0.963 bits per heavy atom. The molecule has 2 N–H and O–H groups in total. The van der Waals surface area contributed by atoms with E-state index in [1.54, 1.807) is 19.1 Å². The zero-order valence-electron chi connectivity index (χ0n) is 16.2. The predicted octanol–water partition coefficient (Wildman–Crippen LogP) is 3.40. The topological polar surface area (TPSA) is 84.5 Å². The quantitative estimate of drug-likeness (QED) is 0.759. The molecule has 0 saturated carbocycles. The third-order valence-electron chi connectivity index (χ3n) is 4.01. The lowest BCUT2D eigenvalue weighted by Crippen LogP contribution is -2.40. The molecule has 0 fully saturated rings. The smallest absolute Gasteiger partial charge is 0.261 e. The Morgan fingerprint density at radius 3 is 2.15 bits per heavy atom. The van der Waals surface area contributed by atoms with E-state index in [9.17, 15) is 13.2 Å². The third kappa shape index (κ3) is 5.72. The lowest BCUT2D eigenvalue weighted by molar-refractivity contribution is -0.127. The average Bonchev–Trinajstić information content (AvgIpc) is 2.58. The Hall–Kier alpha value is -2.54. The van der Waals surface area contributed by atoms with Gasteiger partial charge in [-0.1, -0.05) is 6.07 Å². The van der Waals surface area contributed by atoms with Crippen molar-refractivity contribution in [1.29, 1.82) is 0 Å². The Kier molecular flexibility index (Phi) is 6.49. The SMILES string of the molecule is Cc1ccc(NS(=O)(=O)c2ccc(O[C@@H](C)C(=O)NC(C)C)cc2)cc1C. The van der Waals surface area contributed by atoms with Gasteiger partial charge in [0.1, 0.15) is 5.75 Å². The van der Waals surface area contributed by atoms with Crippen molar-refractivity contribution in [2.75, 3.05) is 4.72 Å². The second-order valence-electron chi connectivity index (χ2n) is 6.80. The molecule has 2 aromatic carbocycles. The molecule has 1 atom stereocenters. The van der Waals surface area contributed by atoms with E-state index in [2.05, 4.69) is 10.0 Å². The molecule has 0 aromatic heterocycles. The van der Waals surface area contributed by atoms with E-state index in [1.165, 1.54) is 24.3 Å². The van der Waals surface area contributed by atoms with Crippen LogP contribution in [0.4, 0.5) is 5.69 Å². The summed E-state index contributed by atoms with van der Waals surface area (Å²) in [6, 6.07) is 11.4. The van der Waals surface area contributed by atoms with Crippen LogP contribution >= 0.6 is 0 Å². The van der Waals surface area contributed by atoms with E-state index in [0.29, 0.717) is 11.4 Å². The van der Waals surface area contributed by atoms with Gasteiger partial charge in [-0.15, -0.1) is 0 Å². The van der Waals surface area contributed by atoms with Gasteiger partial charge in [0.25, 0.3) is 15.9 Å². The third-order valence-corrected chi connectivity index (χ3v) is 5.40. The van der Waals surface area contributed by atoms with E-state index in [1.807, 2.05) is 33.8 Å². The van der Waals surface area contributed by atoms with E-state index >= 15 is 0 Å². The molecule has 7 heteroatoms. The number of nitrogens with one attached hydrogen (secondary N) is 2. The molecule has 2 aromatic rings. The maximum atomic E-state index is 12.5. The number of sulfonamides is 1. The van der Waals surface area contributed by atoms with Crippen molar-refractivity contribution in [3.05, 3.63) is 53.6 Å². The summed E-state index contributed by atoms with van der Waals surface area (Å²) in [6.07, 6.45) is -0.677. The first kappa shape index (κ1) is 20.8. The number of amides is 1. The highest BCUT2D eigenvalue weighted by Crippen LogP contribution is 2.21. The number of benzene rings is 2. The normalized spacial score (nSPS) is 12.5. The second kappa shape index (κ2) is 8.43. The number of carbonyl (C=O) groups is 1. The number of hydrogen-bond acceptors (Lipinski definition) is 4. The number of ether oxygens (including phenoxy) is 1. The molecule has 0 saturated heterocycles. The average molecular weight is 391 g/mol. The summed E-state index contributed by atoms with van der Waals surface area (Å²) < 4.78 is 33.2. The van der Waals surface area contributed by atoms with E-state index in [0.717, 1.165) is 11.1 Å². The molecule has 0 radical (unpaired) electrons. The first-order valence-corrected chi connectivity index (χ1v) is 10.2. The summed E-state index contributed by atoms with van der Waals surface area (Å²) in [5.41, 5.74) is 2.61. The standard InChI is InChI=1S/C20H26N2O4S/c1-13(2)21-20(23)16(5)26-18-8-10-19(11-9-18)27(24,25)22-17-7-6-14(3)15(4)12-17/h6-13,16,22H,1-5H3,(H,21,23)/t16-/m0/s1. The van der Waals surface area contributed by atoms with Crippen LogP contribution in [0.1, 0.15) is 31.9 Å². The van der Waals surface area contributed by atoms with Crippen molar-refractivity contribution in [2.45, 2.75) is 51.7 Å². The zero-order valence-corrected chi connectivity index (χ0v) is 17.1. The van der Waals surface area contributed by atoms with E-state index in [4.69, 9.17) is 4.74 Å². The van der Waals surface area contributed by atoms with Crippen molar-refractivity contribution in [2.24, 2.45) is 0 Å². The fourth-order valence-corrected chi connectivity index (χ4v) is 3.43. The van der Waals surface area contributed by atoms with Crippen LogP contribution in [-0.4, -0.2) is 26.5 Å². The van der Waals surface area contributed by atoms with Crippen LogP contribution in [0.2, 0.25) is 0 Å². The molecule has 146 valence electrons. The van der Waals surface area contributed by atoms with Crippen LogP contribution in [0.15, 0.2) is 47.4 Å². The van der Waals surface area contributed by atoms with Crippen LogP contribution in [-0.2, 0) is 14.8 Å². The van der Waals surface area contributed by atoms with Crippen LogP contribution in [0.3, 0.4) is 0 Å². The predicted molar refractivity (Wildman–Crippen MR) is 107 cm³/mol. The van der Waals surface area contributed by atoms with Crippen LogP contribution in [0.25, 0.3) is 0 Å². The molecule has 0 bridgehead atoms. The molecular formula is C20H26N2O4S. The first-order chi connectivity index (χ1) is 12.6. The molecule has 1 amide bonds. The minimum Gasteiger partial charge on any atom is -0.481 e. The molecule has 0 spiro atoms. The Labute approximate surface area is 161 Å². The largest absolute Gasteiger partial charge is 0.481 e. The van der Waals surface area contributed by atoms with E-state index < -0.39 is 16.1 Å². The van der Waals surface area contributed by atoms with Crippen LogP contribution in [0.5, 0.6) is 5.75 Å². The van der Waals surface area contributed by atoms with Crippen molar-refractivity contribution >= 4 is 21.6 Å². The fraction of sp³-hybridized carbons (Fsp3) is 0.350. The monoisotopic (exact) mass is 390 g/mol. The molecule has 0 aliphatic heterocycles. The van der Waals surface area contributed by atoms with Gasteiger partial charge in [0.05, 0.1) is 4.90 Å². The summed E-state index contributed by atoms with van der Waals surface area (Å²) >= 11 is 0. The van der Waals surface area contributed by atoms with Gasteiger partial charge in [-0.2, -0.15) is 0 Å². The van der Waals surface area contributed by atoms with Crippen molar-refractivity contribution < 1.29 is 17.9 Å². The van der Waals surface area contributed by atoms with Gasteiger partial charge in [0, 0.05) is 11.7 Å². The minimum absolute atomic E-state index is 0.0209. The number of aryl methyl sites for hydroxylation is 2. The molecule has 0 unspecified atom stereocenters. The number of rotatable bonds is 7. The Morgan fingerprint density at radius 2 is 1.59 bits per heavy atom. The molecular weight excluding hydrogens is 364 g/mol. The van der Waals surface area contributed by atoms with Crippen LogP contribution < -0.4 is 14.8 Å². The van der Waals surface area contributed by atoms with Crippen LogP contribution in [0, 0.1) is 13.8 Å². The van der Waals surface area contributed by atoms with Crippen molar-refractivity contribution in [3.8, 4) is 5.75 Å². The first-order valence-electron chi connectivity index (χ1n) is 8.75. The number of hydrogen-bond donors (Lipinski definition) is 2. The zero-order chi connectivity index (χ0) is 20.2.